The fourth-order valence-corrected chi connectivity index (χ4v) is 4.19. The van der Waals surface area contributed by atoms with Gasteiger partial charge in [-0.3, -0.25) is 4.57 Å². The van der Waals surface area contributed by atoms with Crippen molar-refractivity contribution in [3.63, 3.8) is 0 Å². The van der Waals surface area contributed by atoms with Gasteiger partial charge in [0.05, 0.1) is 18.0 Å². The van der Waals surface area contributed by atoms with E-state index in [2.05, 4.69) is 35.3 Å². The van der Waals surface area contributed by atoms with Gasteiger partial charge >= 0.3 is 0 Å². The second-order valence-corrected chi connectivity index (χ2v) is 7.64. The normalized spacial score (nSPS) is 11.1. The van der Waals surface area contributed by atoms with Crippen LogP contribution in [-0.2, 0) is 13.0 Å². The predicted molar refractivity (Wildman–Crippen MR) is 120 cm³/mol. The lowest BCUT2D eigenvalue weighted by Crippen LogP contribution is -2.10. The largest absolute Gasteiger partial charge is 0.493 e. The molecule has 0 amide bonds. The maximum Gasteiger partial charge on any atom is 0.219 e. The van der Waals surface area contributed by atoms with Crippen molar-refractivity contribution in [2.45, 2.75) is 33.8 Å². The number of hydrogen-bond acceptors (Lipinski definition) is 3. The Balaban J connectivity index is 2.10. The first-order valence-electron chi connectivity index (χ1n) is 10.1. The third-order valence-electron chi connectivity index (χ3n) is 5.56. The van der Waals surface area contributed by atoms with E-state index in [1.807, 2.05) is 54.8 Å². The number of aliphatic hydroxyl groups excluding tert-OH is 1. The molecule has 0 atom stereocenters. The lowest BCUT2D eigenvalue weighted by atomic mass is 9.88. The van der Waals surface area contributed by atoms with E-state index < -0.39 is 0 Å². The molecular formula is C26H26N2O2. The number of hydrogen-bond donors (Lipinski definition) is 2. The molecule has 2 N–H and O–H groups in total. The quantitative estimate of drug-likeness (QED) is 0.482. The van der Waals surface area contributed by atoms with Gasteiger partial charge in [-0.2, -0.15) is 0 Å². The number of imidazole rings is 1. The highest BCUT2D eigenvalue weighted by atomic mass is 16.3. The van der Waals surface area contributed by atoms with Crippen molar-refractivity contribution in [2.24, 2.45) is 0 Å². The molecule has 0 radical (unpaired) electrons. The van der Waals surface area contributed by atoms with Gasteiger partial charge < -0.3 is 10.2 Å². The average molecular weight is 399 g/mol. The number of benzene rings is 3. The third-order valence-corrected chi connectivity index (χ3v) is 5.56. The van der Waals surface area contributed by atoms with E-state index >= 15 is 0 Å². The molecule has 30 heavy (non-hydrogen) atoms. The molecule has 0 spiro atoms. The van der Waals surface area contributed by atoms with Gasteiger partial charge in [-0.25, -0.2) is 4.98 Å². The van der Waals surface area contributed by atoms with Crippen LogP contribution >= 0.6 is 0 Å². The molecule has 1 heterocycles. The van der Waals surface area contributed by atoms with Gasteiger partial charge in [-0.05, 0) is 55.0 Å². The molecule has 0 fully saturated rings. The topological polar surface area (TPSA) is 58.3 Å². The van der Waals surface area contributed by atoms with E-state index in [0.717, 1.165) is 39.1 Å². The van der Waals surface area contributed by atoms with Gasteiger partial charge in [0.15, 0.2) is 0 Å². The molecule has 4 rings (SSSR count). The first kappa shape index (κ1) is 19.9. The maximum absolute atomic E-state index is 10.9. The SMILES string of the molecule is Cc1cc(CO)c(Cc2ccccc2)c(-n2c(C)nc(C)c2O)c1-c1ccccc1. The van der Waals surface area contributed by atoms with Gasteiger partial charge in [0, 0.05) is 5.56 Å². The highest BCUT2D eigenvalue weighted by Gasteiger charge is 2.23. The summed E-state index contributed by atoms with van der Waals surface area (Å²) in [6.45, 7) is 5.68. The van der Waals surface area contributed by atoms with E-state index in [0.29, 0.717) is 17.9 Å². The molecule has 0 saturated carbocycles. The molecule has 3 aromatic carbocycles. The van der Waals surface area contributed by atoms with Crippen molar-refractivity contribution in [3.05, 3.63) is 101 Å². The standard InChI is InChI=1S/C26H26N2O2/c1-17-14-22(16-29)23(15-20-10-6-4-7-11-20)25(24(17)21-12-8-5-9-13-21)28-19(3)27-18(2)26(28)30/h4-14,29-30H,15-16H2,1-3H3. The number of aliphatic hydroxyl groups is 1. The van der Waals surface area contributed by atoms with Crippen LogP contribution in [0.1, 0.15) is 33.8 Å². The average Bonchev–Trinajstić information content (AvgIpc) is 3.01. The molecule has 4 heteroatoms. The molecule has 1 aromatic heterocycles. The van der Waals surface area contributed by atoms with Crippen molar-refractivity contribution in [1.29, 1.82) is 0 Å². The zero-order valence-corrected chi connectivity index (χ0v) is 17.6. The van der Waals surface area contributed by atoms with Gasteiger partial charge in [-0.1, -0.05) is 66.7 Å². The number of rotatable bonds is 5. The van der Waals surface area contributed by atoms with E-state index in [1.165, 1.54) is 0 Å². The van der Waals surface area contributed by atoms with Crippen LogP contribution in [0.5, 0.6) is 5.88 Å². The molecule has 152 valence electrons. The lowest BCUT2D eigenvalue weighted by molar-refractivity contribution is 0.280. The molecule has 0 aliphatic heterocycles. The molecule has 0 saturated heterocycles. The Morgan fingerprint density at radius 1 is 0.900 bits per heavy atom. The van der Waals surface area contributed by atoms with Crippen LogP contribution in [-0.4, -0.2) is 19.8 Å². The first-order valence-corrected chi connectivity index (χ1v) is 10.1. The Morgan fingerprint density at radius 3 is 2.10 bits per heavy atom. The second kappa shape index (κ2) is 8.17. The van der Waals surface area contributed by atoms with Crippen molar-refractivity contribution < 1.29 is 10.2 Å². The van der Waals surface area contributed by atoms with Gasteiger partial charge in [-0.15, -0.1) is 0 Å². The van der Waals surface area contributed by atoms with Crippen LogP contribution < -0.4 is 0 Å². The van der Waals surface area contributed by atoms with Gasteiger partial charge in [0.1, 0.15) is 5.82 Å². The minimum absolute atomic E-state index is 0.0709. The molecular weight excluding hydrogens is 372 g/mol. The van der Waals surface area contributed by atoms with Gasteiger partial charge in [0.2, 0.25) is 5.88 Å². The van der Waals surface area contributed by atoms with E-state index in [-0.39, 0.29) is 12.5 Å². The summed E-state index contributed by atoms with van der Waals surface area (Å²) in [4.78, 5) is 4.51. The predicted octanol–water partition coefficient (Wildman–Crippen LogP) is 5.25. The number of aromatic hydroxyl groups is 1. The lowest BCUT2D eigenvalue weighted by Gasteiger charge is -2.23. The summed E-state index contributed by atoms with van der Waals surface area (Å²) in [6, 6.07) is 22.4. The van der Waals surface area contributed by atoms with E-state index in [4.69, 9.17) is 0 Å². The van der Waals surface area contributed by atoms with Crippen molar-refractivity contribution >= 4 is 0 Å². The maximum atomic E-state index is 10.9. The highest BCUT2D eigenvalue weighted by molar-refractivity contribution is 5.80. The van der Waals surface area contributed by atoms with E-state index in [9.17, 15) is 10.2 Å². The summed E-state index contributed by atoms with van der Waals surface area (Å²) >= 11 is 0. The number of aryl methyl sites for hydroxylation is 3. The molecule has 0 aliphatic rings. The van der Waals surface area contributed by atoms with Crippen molar-refractivity contribution in [1.82, 2.24) is 9.55 Å². The Kier molecular flexibility index (Phi) is 5.42. The molecule has 0 unspecified atom stereocenters. The van der Waals surface area contributed by atoms with Crippen molar-refractivity contribution in [3.8, 4) is 22.7 Å². The van der Waals surface area contributed by atoms with Crippen LogP contribution in [0.15, 0.2) is 66.7 Å². The Morgan fingerprint density at radius 2 is 1.53 bits per heavy atom. The fraction of sp³-hybridized carbons (Fsp3) is 0.192. The second-order valence-electron chi connectivity index (χ2n) is 7.64. The summed E-state index contributed by atoms with van der Waals surface area (Å²) in [5.74, 6) is 0.847. The summed E-state index contributed by atoms with van der Waals surface area (Å²) in [5, 5.41) is 21.1. The fourth-order valence-electron chi connectivity index (χ4n) is 4.19. The number of aromatic nitrogens is 2. The summed E-state index contributed by atoms with van der Waals surface area (Å²) < 4.78 is 1.82. The van der Waals surface area contributed by atoms with Gasteiger partial charge in [0.25, 0.3) is 0 Å². The minimum Gasteiger partial charge on any atom is -0.493 e. The summed E-state index contributed by atoms with van der Waals surface area (Å²) in [5.41, 5.74) is 7.60. The summed E-state index contributed by atoms with van der Waals surface area (Å²) in [6.07, 6.45) is 0.641. The van der Waals surface area contributed by atoms with Crippen LogP contribution in [0.3, 0.4) is 0 Å². The van der Waals surface area contributed by atoms with E-state index in [1.54, 1.807) is 6.92 Å². The Hall–Kier alpha value is -3.37. The monoisotopic (exact) mass is 398 g/mol. The van der Waals surface area contributed by atoms with Crippen LogP contribution in [0.4, 0.5) is 0 Å². The Bertz CT molecular complexity index is 1180. The molecule has 4 nitrogen and oxygen atoms in total. The number of nitrogens with zero attached hydrogens (tertiary/aromatic N) is 2. The van der Waals surface area contributed by atoms with Crippen LogP contribution in [0.25, 0.3) is 16.8 Å². The smallest absolute Gasteiger partial charge is 0.219 e. The molecule has 0 bridgehead atoms. The zero-order chi connectivity index (χ0) is 21.3. The highest BCUT2D eigenvalue weighted by Crippen LogP contribution is 2.39. The Labute approximate surface area is 177 Å². The molecule has 4 aromatic rings. The third kappa shape index (κ3) is 3.51. The first-order chi connectivity index (χ1) is 14.5. The van der Waals surface area contributed by atoms with Crippen LogP contribution in [0, 0.1) is 20.8 Å². The van der Waals surface area contributed by atoms with Crippen molar-refractivity contribution in [2.75, 3.05) is 0 Å². The molecule has 0 aliphatic carbocycles. The summed E-state index contributed by atoms with van der Waals surface area (Å²) in [7, 11) is 0. The minimum atomic E-state index is -0.0709. The zero-order valence-electron chi connectivity index (χ0n) is 17.6. The van der Waals surface area contributed by atoms with Crippen LogP contribution in [0.2, 0.25) is 0 Å².